The number of hydrogen-bond acceptors (Lipinski definition) is 4. The Kier molecular flexibility index (Phi) is 7.23. The summed E-state index contributed by atoms with van der Waals surface area (Å²) < 4.78 is 5.04. The summed E-state index contributed by atoms with van der Waals surface area (Å²) in [6.45, 7) is 7.21. The molecule has 1 rings (SSSR count). The van der Waals surface area contributed by atoms with Gasteiger partial charge in [-0.15, -0.1) is 0 Å². The predicted molar refractivity (Wildman–Crippen MR) is 91.4 cm³/mol. The van der Waals surface area contributed by atoms with Crippen molar-refractivity contribution < 1.29 is 19.1 Å². The van der Waals surface area contributed by atoms with Gasteiger partial charge in [0.25, 0.3) is 0 Å². The second-order valence-electron chi connectivity index (χ2n) is 6.23. The van der Waals surface area contributed by atoms with Crippen molar-refractivity contribution in [1.29, 1.82) is 0 Å². The summed E-state index contributed by atoms with van der Waals surface area (Å²) >= 11 is 0. The molecule has 3 N–H and O–H groups in total. The Balaban J connectivity index is 2.34. The van der Waals surface area contributed by atoms with Crippen molar-refractivity contribution in [2.24, 2.45) is 0 Å². The van der Waals surface area contributed by atoms with Crippen LogP contribution in [0.2, 0.25) is 0 Å². The van der Waals surface area contributed by atoms with Crippen molar-refractivity contribution >= 4 is 23.6 Å². The Labute approximate surface area is 142 Å². The van der Waals surface area contributed by atoms with Gasteiger partial charge in [0, 0.05) is 18.7 Å². The van der Waals surface area contributed by atoms with Crippen molar-refractivity contribution in [2.45, 2.75) is 46.3 Å². The highest BCUT2D eigenvalue weighted by atomic mass is 16.6. The average Bonchev–Trinajstić information content (AvgIpc) is 2.50. The molecule has 1 aromatic rings. The fourth-order valence-corrected chi connectivity index (χ4v) is 1.69. The van der Waals surface area contributed by atoms with Gasteiger partial charge in [-0.3, -0.25) is 9.59 Å². The zero-order valence-electron chi connectivity index (χ0n) is 14.6. The van der Waals surface area contributed by atoms with Crippen molar-refractivity contribution in [3.8, 4) is 0 Å². The van der Waals surface area contributed by atoms with Crippen LogP contribution in [0.4, 0.5) is 10.5 Å². The van der Waals surface area contributed by atoms with E-state index in [0.717, 1.165) is 5.56 Å². The van der Waals surface area contributed by atoms with E-state index in [4.69, 9.17) is 4.74 Å². The smallest absolute Gasteiger partial charge is 0.408 e. The molecule has 0 radical (unpaired) electrons. The third-order valence-corrected chi connectivity index (χ3v) is 2.84. The monoisotopic (exact) mass is 335 g/mol. The van der Waals surface area contributed by atoms with E-state index in [1.165, 1.54) is 0 Å². The van der Waals surface area contributed by atoms with E-state index >= 15 is 0 Å². The lowest BCUT2D eigenvalue weighted by molar-refractivity contribution is -0.120. The van der Waals surface area contributed by atoms with Crippen LogP contribution in [0.1, 0.15) is 39.7 Å². The molecular weight excluding hydrogens is 310 g/mol. The maximum atomic E-state index is 11.7. The minimum Gasteiger partial charge on any atom is -0.444 e. The zero-order valence-corrected chi connectivity index (χ0v) is 14.6. The molecule has 0 heterocycles. The Morgan fingerprint density at radius 1 is 1.00 bits per heavy atom. The predicted octanol–water partition coefficient (Wildman–Crippen LogP) is 2.18. The molecule has 132 valence electrons. The topological polar surface area (TPSA) is 96.5 Å². The highest BCUT2D eigenvalue weighted by molar-refractivity contribution is 5.90. The lowest BCUT2D eigenvalue weighted by atomic mass is 10.2. The standard InChI is InChI=1S/C17H25N3O4/c1-5-14(21)20-13-8-6-12(7-9-13)10-18-15(22)11-19-16(23)24-17(2,3)4/h6-9H,5,10-11H2,1-4H3,(H,18,22)(H,19,23)(H,20,21). The number of ether oxygens (including phenoxy) is 1. The molecule has 0 spiro atoms. The van der Waals surface area contributed by atoms with Gasteiger partial charge < -0.3 is 20.7 Å². The van der Waals surface area contributed by atoms with Crippen LogP contribution in [-0.4, -0.2) is 30.1 Å². The van der Waals surface area contributed by atoms with Gasteiger partial charge in [0.15, 0.2) is 0 Å². The molecule has 7 nitrogen and oxygen atoms in total. The highest BCUT2D eigenvalue weighted by Crippen LogP contribution is 2.10. The van der Waals surface area contributed by atoms with Crippen LogP contribution in [0.5, 0.6) is 0 Å². The quantitative estimate of drug-likeness (QED) is 0.742. The molecule has 0 unspecified atom stereocenters. The molecule has 0 fully saturated rings. The summed E-state index contributed by atoms with van der Waals surface area (Å²) in [7, 11) is 0. The number of alkyl carbamates (subject to hydrolysis) is 1. The van der Waals surface area contributed by atoms with Crippen molar-refractivity contribution in [1.82, 2.24) is 10.6 Å². The molecule has 1 aromatic carbocycles. The fraction of sp³-hybridized carbons (Fsp3) is 0.471. The number of benzene rings is 1. The van der Waals surface area contributed by atoms with Gasteiger partial charge in [0.1, 0.15) is 12.1 Å². The van der Waals surface area contributed by atoms with Crippen LogP contribution in [0.3, 0.4) is 0 Å². The lowest BCUT2D eigenvalue weighted by Crippen LogP contribution is -2.39. The van der Waals surface area contributed by atoms with Crippen molar-refractivity contribution in [3.05, 3.63) is 29.8 Å². The van der Waals surface area contributed by atoms with Crippen LogP contribution in [0, 0.1) is 0 Å². The highest BCUT2D eigenvalue weighted by Gasteiger charge is 2.16. The molecule has 0 aliphatic rings. The first-order chi connectivity index (χ1) is 11.2. The van der Waals surface area contributed by atoms with Crippen LogP contribution >= 0.6 is 0 Å². The molecule has 0 aromatic heterocycles. The Morgan fingerprint density at radius 3 is 2.17 bits per heavy atom. The van der Waals surface area contributed by atoms with Gasteiger partial charge in [-0.2, -0.15) is 0 Å². The fourth-order valence-electron chi connectivity index (χ4n) is 1.69. The van der Waals surface area contributed by atoms with Gasteiger partial charge in [-0.05, 0) is 38.5 Å². The van der Waals surface area contributed by atoms with E-state index in [-0.39, 0.29) is 18.4 Å². The molecule has 0 bridgehead atoms. The second kappa shape index (κ2) is 8.90. The third-order valence-electron chi connectivity index (χ3n) is 2.84. The van der Waals surface area contributed by atoms with Gasteiger partial charge in [-0.25, -0.2) is 4.79 Å². The molecule has 0 saturated carbocycles. The number of carbonyl (C=O) groups is 3. The summed E-state index contributed by atoms with van der Waals surface area (Å²) in [6.07, 6.45) is -0.212. The van der Waals surface area contributed by atoms with E-state index in [0.29, 0.717) is 18.7 Å². The Morgan fingerprint density at radius 2 is 1.62 bits per heavy atom. The number of carbonyl (C=O) groups excluding carboxylic acids is 3. The Hall–Kier alpha value is -2.57. The maximum absolute atomic E-state index is 11.7. The Bertz CT molecular complexity index is 576. The van der Waals surface area contributed by atoms with Crippen molar-refractivity contribution in [3.63, 3.8) is 0 Å². The summed E-state index contributed by atoms with van der Waals surface area (Å²) in [5, 5.41) is 7.83. The molecular formula is C17H25N3O4. The van der Waals surface area contributed by atoms with Crippen molar-refractivity contribution in [2.75, 3.05) is 11.9 Å². The summed E-state index contributed by atoms with van der Waals surface area (Å²) in [4.78, 5) is 34.4. The number of rotatable bonds is 6. The van der Waals surface area contributed by atoms with E-state index in [1.807, 2.05) is 12.1 Å². The van der Waals surface area contributed by atoms with E-state index in [9.17, 15) is 14.4 Å². The molecule has 0 aliphatic heterocycles. The van der Waals surface area contributed by atoms with Gasteiger partial charge >= 0.3 is 6.09 Å². The van der Waals surface area contributed by atoms with E-state index in [1.54, 1.807) is 39.8 Å². The second-order valence-corrected chi connectivity index (χ2v) is 6.23. The normalized spacial score (nSPS) is 10.7. The molecule has 0 saturated heterocycles. The van der Waals surface area contributed by atoms with Crippen LogP contribution in [0.15, 0.2) is 24.3 Å². The molecule has 7 heteroatoms. The average molecular weight is 335 g/mol. The minimum absolute atomic E-state index is 0.0516. The van der Waals surface area contributed by atoms with E-state index < -0.39 is 11.7 Å². The number of nitrogens with one attached hydrogen (secondary N) is 3. The zero-order chi connectivity index (χ0) is 18.2. The number of amides is 3. The number of hydrogen-bond donors (Lipinski definition) is 3. The number of anilines is 1. The molecule has 3 amide bonds. The summed E-state index contributed by atoms with van der Waals surface area (Å²) in [5.74, 6) is -0.367. The molecule has 0 atom stereocenters. The molecule has 0 aliphatic carbocycles. The van der Waals surface area contributed by atoms with Crippen LogP contribution in [-0.2, 0) is 20.9 Å². The van der Waals surface area contributed by atoms with Gasteiger partial charge in [-0.1, -0.05) is 19.1 Å². The summed E-state index contributed by atoms with van der Waals surface area (Å²) in [5.41, 5.74) is 0.994. The molecule has 24 heavy (non-hydrogen) atoms. The first-order valence-electron chi connectivity index (χ1n) is 7.82. The third kappa shape index (κ3) is 8.17. The van der Waals surface area contributed by atoms with Gasteiger partial charge in [0.2, 0.25) is 11.8 Å². The van der Waals surface area contributed by atoms with Gasteiger partial charge in [0.05, 0.1) is 0 Å². The van der Waals surface area contributed by atoms with E-state index in [2.05, 4.69) is 16.0 Å². The lowest BCUT2D eigenvalue weighted by Gasteiger charge is -2.19. The van der Waals surface area contributed by atoms with Crippen LogP contribution in [0.25, 0.3) is 0 Å². The maximum Gasteiger partial charge on any atom is 0.408 e. The first-order valence-corrected chi connectivity index (χ1v) is 7.82. The largest absolute Gasteiger partial charge is 0.444 e. The first kappa shape index (κ1) is 19.5. The summed E-state index contributed by atoms with van der Waals surface area (Å²) in [6, 6.07) is 7.17. The minimum atomic E-state index is -0.631. The SMILES string of the molecule is CCC(=O)Nc1ccc(CNC(=O)CNC(=O)OC(C)(C)C)cc1. The van der Waals surface area contributed by atoms with Crippen LogP contribution < -0.4 is 16.0 Å².